The second kappa shape index (κ2) is 13.1. The van der Waals surface area contributed by atoms with Gasteiger partial charge in [-0.2, -0.15) is 0 Å². The largest absolute Gasteiger partial charge is 0.489 e. The molecule has 0 atom stereocenters. The summed E-state index contributed by atoms with van der Waals surface area (Å²) in [4.78, 5) is 30.7. The summed E-state index contributed by atoms with van der Waals surface area (Å²) in [6, 6.07) is 10.4. The maximum atomic E-state index is 12.4. The minimum absolute atomic E-state index is 0.0367. The van der Waals surface area contributed by atoms with Gasteiger partial charge in [-0.3, -0.25) is 10.7 Å². The number of carbonyl (C=O) groups is 2. The number of likely N-dealkylation sites (tertiary alicyclic amines) is 1. The molecule has 2 aromatic carbocycles. The number of urea groups is 1. The van der Waals surface area contributed by atoms with Crippen LogP contribution in [0.4, 0.5) is 15.3 Å². The smallest absolute Gasteiger partial charge is 0.410 e. The van der Waals surface area contributed by atoms with Gasteiger partial charge in [-0.05, 0) is 76.6 Å². The minimum Gasteiger partial charge on any atom is -0.489 e. The number of nitrogens with two attached hydrogens (primary N) is 1. The van der Waals surface area contributed by atoms with Crippen LogP contribution in [0.15, 0.2) is 42.6 Å². The van der Waals surface area contributed by atoms with Crippen LogP contribution in [0.5, 0.6) is 23.0 Å². The maximum Gasteiger partial charge on any atom is 0.410 e. The fourth-order valence-corrected chi connectivity index (χ4v) is 4.93. The molecular formula is C31H38ClN5O6. The highest BCUT2D eigenvalue weighted by atomic mass is 35.5. The molecular weight excluding hydrogens is 574 g/mol. The minimum atomic E-state index is -0.519. The highest BCUT2D eigenvalue weighted by Crippen LogP contribution is 2.38. The number of amides is 3. The van der Waals surface area contributed by atoms with Crippen molar-refractivity contribution in [1.29, 1.82) is 0 Å². The Morgan fingerprint density at radius 1 is 1.02 bits per heavy atom. The molecule has 3 aromatic rings. The first-order chi connectivity index (χ1) is 20.6. The summed E-state index contributed by atoms with van der Waals surface area (Å²) in [5, 5.41) is 6.68. The number of pyridine rings is 1. The first kappa shape index (κ1) is 30.5. The third-order valence-electron chi connectivity index (χ3n) is 7.08. The van der Waals surface area contributed by atoms with Gasteiger partial charge in [-0.25, -0.2) is 9.59 Å². The Morgan fingerprint density at radius 2 is 1.77 bits per heavy atom. The first-order valence-corrected chi connectivity index (χ1v) is 14.9. The molecule has 1 saturated carbocycles. The molecule has 230 valence electrons. The zero-order valence-corrected chi connectivity index (χ0v) is 25.4. The lowest BCUT2D eigenvalue weighted by atomic mass is 9.98. The van der Waals surface area contributed by atoms with Gasteiger partial charge in [0.2, 0.25) is 0 Å². The Hall–Kier alpha value is -3.96. The standard InChI is InChI=1S/C31H38ClN5O6/c1-31(2,3)43-30(39)37-12-9-19(10-13-37)17-40-28-16-25-22(15-27(28)41-18-33)26(8-11-34-25)42-21-6-7-24(23(32)14-21)36-29(38)35-20-4-5-20/h6-8,11,14-16,19-20H,4-5,9-10,12-13,17-18,33H2,1-3H3,(H2,35,36,38). The summed E-state index contributed by atoms with van der Waals surface area (Å²) in [7, 11) is 0. The van der Waals surface area contributed by atoms with Crippen LogP contribution < -0.4 is 30.6 Å². The average molecular weight is 612 g/mol. The number of nitrogens with one attached hydrogen (secondary N) is 2. The van der Waals surface area contributed by atoms with Crippen molar-refractivity contribution in [3.63, 3.8) is 0 Å². The van der Waals surface area contributed by atoms with Gasteiger partial charge in [0, 0.05) is 42.8 Å². The van der Waals surface area contributed by atoms with E-state index >= 15 is 0 Å². The molecule has 5 rings (SSSR count). The van der Waals surface area contributed by atoms with Crippen molar-refractivity contribution in [1.82, 2.24) is 15.2 Å². The predicted molar refractivity (Wildman–Crippen MR) is 164 cm³/mol. The van der Waals surface area contributed by atoms with E-state index in [9.17, 15) is 9.59 Å². The summed E-state index contributed by atoms with van der Waals surface area (Å²) in [5.74, 6) is 2.30. The molecule has 2 fully saturated rings. The van der Waals surface area contributed by atoms with E-state index < -0.39 is 5.60 Å². The first-order valence-electron chi connectivity index (χ1n) is 14.5. The van der Waals surface area contributed by atoms with Gasteiger partial charge in [-0.15, -0.1) is 0 Å². The third kappa shape index (κ3) is 8.32. The van der Waals surface area contributed by atoms with Crippen molar-refractivity contribution in [2.24, 2.45) is 11.7 Å². The van der Waals surface area contributed by atoms with Crippen LogP contribution in [0.3, 0.4) is 0 Å². The van der Waals surface area contributed by atoms with Crippen LogP contribution >= 0.6 is 11.6 Å². The number of aromatic nitrogens is 1. The summed E-state index contributed by atoms with van der Waals surface area (Å²) in [6.45, 7) is 7.25. The molecule has 2 heterocycles. The van der Waals surface area contributed by atoms with Crippen molar-refractivity contribution in [2.45, 2.75) is 58.1 Å². The number of anilines is 1. The zero-order valence-electron chi connectivity index (χ0n) is 24.7. The molecule has 43 heavy (non-hydrogen) atoms. The lowest BCUT2D eigenvalue weighted by Crippen LogP contribution is -2.42. The van der Waals surface area contributed by atoms with E-state index in [2.05, 4.69) is 15.6 Å². The lowest BCUT2D eigenvalue weighted by molar-refractivity contribution is 0.0164. The van der Waals surface area contributed by atoms with Crippen LogP contribution in [0.25, 0.3) is 10.9 Å². The normalized spacial score (nSPS) is 15.6. The molecule has 1 aliphatic heterocycles. The molecule has 4 N–H and O–H groups in total. The van der Waals surface area contributed by atoms with Gasteiger partial charge in [0.25, 0.3) is 0 Å². The van der Waals surface area contributed by atoms with Gasteiger partial charge in [0.15, 0.2) is 11.5 Å². The topological polar surface area (TPSA) is 137 Å². The summed E-state index contributed by atoms with van der Waals surface area (Å²) in [5.41, 5.74) is 6.35. The molecule has 2 aliphatic rings. The van der Waals surface area contributed by atoms with Gasteiger partial charge in [0.1, 0.15) is 23.8 Å². The second-order valence-electron chi connectivity index (χ2n) is 11.8. The van der Waals surface area contributed by atoms with Crippen LogP contribution in [0, 0.1) is 5.92 Å². The second-order valence-corrected chi connectivity index (χ2v) is 12.2. The molecule has 0 bridgehead atoms. The van der Waals surface area contributed by atoms with E-state index in [-0.39, 0.29) is 30.8 Å². The quantitative estimate of drug-likeness (QED) is 0.240. The predicted octanol–water partition coefficient (Wildman–Crippen LogP) is 6.29. The Balaban J connectivity index is 1.24. The number of rotatable bonds is 9. The van der Waals surface area contributed by atoms with E-state index in [1.165, 1.54) is 0 Å². The van der Waals surface area contributed by atoms with Crippen LogP contribution in [-0.2, 0) is 4.74 Å². The molecule has 11 nitrogen and oxygen atoms in total. The number of hydrogen-bond acceptors (Lipinski definition) is 8. The molecule has 0 radical (unpaired) electrons. The van der Waals surface area contributed by atoms with Gasteiger partial charge in [0.05, 0.1) is 22.8 Å². The van der Waals surface area contributed by atoms with E-state index in [0.29, 0.717) is 64.3 Å². The molecule has 1 aliphatic carbocycles. The van der Waals surface area contributed by atoms with Crippen molar-refractivity contribution >= 4 is 40.3 Å². The lowest BCUT2D eigenvalue weighted by Gasteiger charge is -2.33. The summed E-state index contributed by atoms with van der Waals surface area (Å²) in [6.07, 6.45) is 4.97. The number of hydrogen-bond donors (Lipinski definition) is 3. The Bertz CT molecular complexity index is 1470. The SMILES string of the molecule is CC(C)(C)OC(=O)N1CCC(COc2cc3nccc(Oc4ccc(NC(=O)NC5CC5)c(Cl)c4)c3cc2OCN)CC1. The number of carbonyl (C=O) groups excluding carboxylic acids is 2. The number of nitrogens with zero attached hydrogens (tertiary/aromatic N) is 2. The van der Waals surface area contributed by atoms with E-state index in [4.69, 9.17) is 36.3 Å². The van der Waals surface area contributed by atoms with Crippen LogP contribution in [-0.4, -0.2) is 60.1 Å². The fraction of sp³-hybridized carbons (Fsp3) is 0.452. The number of piperidine rings is 1. The summed E-state index contributed by atoms with van der Waals surface area (Å²) >= 11 is 6.43. The molecule has 1 aromatic heterocycles. The number of ether oxygens (including phenoxy) is 4. The third-order valence-corrected chi connectivity index (χ3v) is 7.39. The Labute approximate surface area is 255 Å². The Kier molecular flexibility index (Phi) is 9.31. The Morgan fingerprint density at radius 3 is 2.44 bits per heavy atom. The van der Waals surface area contributed by atoms with E-state index in [0.717, 1.165) is 25.7 Å². The molecule has 12 heteroatoms. The van der Waals surface area contributed by atoms with E-state index in [1.54, 1.807) is 41.4 Å². The van der Waals surface area contributed by atoms with Crippen LogP contribution in [0.2, 0.25) is 5.02 Å². The monoisotopic (exact) mass is 611 g/mol. The van der Waals surface area contributed by atoms with Crippen molar-refractivity contribution in [2.75, 3.05) is 31.7 Å². The maximum absolute atomic E-state index is 12.4. The van der Waals surface area contributed by atoms with Crippen molar-refractivity contribution in [3.8, 4) is 23.0 Å². The van der Waals surface area contributed by atoms with Crippen LogP contribution in [0.1, 0.15) is 46.5 Å². The number of fused-ring (bicyclic) bond motifs is 1. The zero-order chi connectivity index (χ0) is 30.6. The van der Waals surface area contributed by atoms with Gasteiger partial charge < -0.3 is 34.5 Å². The molecule has 0 unspecified atom stereocenters. The van der Waals surface area contributed by atoms with E-state index in [1.807, 2.05) is 26.8 Å². The molecule has 3 amide bonds. The fourth-order valence-electron chi connectivity index (χ4n) is 4.71. The highest BCUT2D eigenvalue weighted by molar-refractivity contribution is 6.33. The summed E-state index contributed by atoms with van der Waals surface area (Å²) < 4.78 is 23.6. The van der Waals surface area contributed by atoms with Crippen molar-refractivity contribution < 1.29 is 28.5 Å². The highest BCUT2D eigenvalue weighted by Gasteiger charge is 2.27. The van der Waals surface area contributed by atoms with Gasteiger partial charge >= 0.3 is 12.1 Å². The molecule has 0 spiro atoms. The molecule has 1 saturated heterocycles. The average Bonchev–Trinajstić information content (AvgIpc) is 3.77. The van der Waals surface area contributed by atoms with Crippen molar-refractivity contribution in [3.05, 3.63) is 47.6 Å². The number of benzene rings is 2. The van der Waals surface area contributed by atoms with Gasteiger partial charge in [-0.1, -0.05) is 11.6 Å². The number of halogens is 1.